The molecule has 3 heterocycles. The Morgan fingerprint density at radius 1 is 1.06 bits per heavy atom. The van der Waals surface area contributed by atoms with E-state index in [0.717, 1.165) is 24.3 Å². The third-order valence-electron chi connectivity index (χ3n) is 6.39. The Morgan fingerprint density at radius 3 is 2.59 bits per heavy atom. The van der Waals surface area contributed by atoms with Crippen molar-refractivity contribution in [2.45, 2.75) is 50.2 Å². The van der Waals surface area contributed by atoms with Crippen LogP contribution >= 0.6 is 12.2 Å². The van der Waals surface area contributed by atoms with Crippen LogP contribution in [-0.2, 0) is 0 Å². The lowest BCUT2D eigenvalue weighted by Crippen LogP contribution is -2.40. The number of hydrogen-bond donors (Lipinski definition) is 1. The van der Waals surface area contributed by atoms with E-state index in [1.807, 2.05) is 30.3 Å². The average molecular weight is 449 g/mol. The van der Waals surface area contributed by atoms with Gasteiger partial charge in [-0.25, -0.2) is 0 Å². The van der Waals surface area contributed by atoms with Crippen LogP contribution in [0, 0.1) is 10.1 Å². The molecule has 0 radical (unpaired) electrons. The number of aromatic nitrogens is 1. The predicted octanol–water partition coefficient (Wildman–Crippen LogP) is 5.56. The van der Waals surface area contributed by atoms with Crippen molar-refractivity contribution in [3.63, 3.8) is 0 Å². The molecule has 0 spiro atoms. The van der Waals surface area contributed by atoms with Gasteiger partial charge < -0.3 is 14.6 Å². The molecule has 8 heteroatoms. The van der Waals surface area contributed by atoms with Crippen LogP contribution in [-0.4, -0.2) is 26.0 Å². The van der Waals surface area contributed by atoms with Crippen molar-refractivity contribution in [2.75, 3.05) is 0 Å². The highest BCUT2D eigenvalue weighted by atomic mass is 32.1. The summed E-state index contributed by atoms with van der Waals surface area (Å²) < 4.78 is 6.29. The van der Waals surface area contributed by atoms with Gasteiger partial charge in [0.2, 0.25) is 0 Å². The second-order valence-electron chi connectivity index (χ2n) is 8.30. The zero-order valence-corrected chi connectivity index (χ0v) is 18.3. The molecule has 1 saturated carbocycles. The Labute approximate surface area is 191 Å². The molecule has 2 aromatic heterocycles. The molecule has 0 unspecified atom stereocenters. The summed E-state index contributed by atoms with van der Waals surface area (Å²) in [5, 5.41) is 15.7. The SMILES string of the molecule is O=[N+]([O-])c1ccccc1-c1ccc([C@@H]2[C@H](c3ccccn3)NC(=S)N2C2CCCCC2)o1. The summed E-state index contributed by atoms with van der Waals surface area (Å²) in [6.45, 7) is 0. The van der Waals surface area contributed by atoms with Crippen LogP contribution in [0.5, 0.6) is 0 Å². The fraction of sp³-hybridized carbons (Fsp3) is 0.333. The van der Waals surface area contributed by atoms with Crippen LogP contribution in [0.4, 0.5) is 5.69 Å². The van der Waals surface area contributed by atoms with Crippen molar-refractivity contribution < 1.29 is 9.34 Å². The molecule has 2 fully saturated rings. The standard InChI is InChI=1S/C24H24N4O3S/c29-28(30)19-12-5-4-10-17(19)20-13-14-21(31-20)23-22(18-11-6-7-15-25-18)26-24(32)27(23)16-8-2-1-3-9-16/h4-7,10-16,22-23H,1-3,8-9H2,(H,26,32)/t22-,23+/m0/s1. The number of benzene rings is 1. The zero-order valence-electron chi connectivity index (χ0n) is 17.5. The first-order valence-electron chi connectivity index (χ1n) is 11.0. The maximum Gasteiger partial charge on any atom is 0.280 e. The molecule has 1 aromatic carbocycles. The number of furan rings is 1. The number of hydrogen-bond acceptors (Lipinski definition) is 5. The van der Waals surface area contributed by atoms with Gasteiger partial charge in [-0.05, 0) is 55.4 Å². The van der Waals surface area contributed by atoms with Gasteiger partial charge in [0.15, 0.2) is 5.11 Å². The van der Waals surface area contributed by atoms with Crippen molar-refractivity contribution in [3.05, 3.63) is 82.4 Å². The molecule has 7 nitrogen and oxygen atoms in total. The minimum absolute atomic E-state index is 0.0267. The number of para-hydroxylation sites is 1. The molecular formula is C24H24N4O3S. The molecule has 2 aliphatic rings. The molecule has 164 valence electrons. The number of pyridine rings is 1. The average Bonchev–Trinajstić information content (AvgIpc) is 3.44. The van der Waals surface area contributed by atoms with Crippen molar-refractivity contribution >= 4 is 23.0 Å². The van der Waals surface area contributed by atoms with Crippen LogP contribution in [0.15, 0.2) is 65.2 Å². The second-order valence-corrected chi connectivity index (χ2v) is 8.69. The molecule has 32 heavy (non-hydrogen) atoms. The highest BCUT2D eigenvalue weighted by molar-refractivity contribution is 7.80. The number of rotatable bonds is 5. The highest BCUT2D eigenvalue weighted by Gasteiger charge is 2.44. The summed E-state index contributed by atoms with van der Waals surface area (Å²) in [6.07, 6.45) is 7.58. The third kappa shape index (κ3) is 3.75. The number of nitrogens with zero attached hydrogens (tertiary/aromatic N) is 3. The Kier molecular flexibility index (Phi) is 5.61. The molecule has 1 aliphatic heterocycles. The first kappa shape index (κ1) is 20.6. The molecule has 3 aromatic rings. The molecular weight excluding hydrogens is 424 g/mol. The van der Waals surface area contributed by atoms with E-state index in [9.17, 15) is 10.1 Å². The van der Waals surface area contributed by atoms with Crippen molar-refractivity contribution in [1.29, 1.82) is 0 Å². The van der Waals surface area contributed by atoms with Gasteiger partial charge >= 0.3 is 0 Å². The maximum atomic E-state index is 11.5. The summed E-state index contributed by atoms with van der Waals surface area (Å²) in [7, 11) is 0. The second kappa shape index (κ2) is 8.70. The summed E-state index contributed by atoms with van der Waals surface area (Å²) in [5.74, 6) is 1.21. The van der Waals surface area contributed by atoms with Crippen LogP contribution in [0.2, 0.25) is 0 Å². The van der Waals surface area contributed by atoms with Gasteiger partial charge in [0.25, 0.3) is 5.69 Å². The lowest BCUT2D eigenvalue weighted by Gasteiger charge is -2.36. The van der Waals surface area contributed by atoms with Crippen LogP contribution in [0.25, 0.3) is 11.3 Å². The molecule has 0 amide bonds. The first-order chi connectivity index (χ1) is 15.6. The van der Waals surface area contributed by atoms with E-state index in [-0.39, 0.29) is 22.7 Å². The third-order valence-corrected chi connectivity index (χ3v) is 6.72. The minimum Gasteiger partial charge on any atom is -0.459 e. The largest absolute Gasteiger partial charge is 0.459 e. The van der Waals surface area contributed by atoms with Gasteiger partial charge in [0, 0.05) is 18.3 Å². The molecule has 2 atom stereocenters. The Hall–Kier alpha value is -3.26. The van der Waals surface area contributed by atoms with E-state index in [0.29, 0.717) is 22.5 Å². The predicted molar refractivity (Wildman–Crippen MR) is 125 cm³/mol. The lowest BCUT2D eigenvalue weighted by molar-refractivity contribution is -0.384. The Morgan fingerprint density at radius 2 is 1.84 bits per heavy atom. The van der Waals surface area contributed by atoms with Gasteiger partial charge in [-0.1, -0.05) is 37.5 Å². The molecule has 1 N–H and O–H groups in total. The fourth-order valence-corrected chi connectivity index (χ4v) is 5.31. The molecule has 1 aliphatic carbocycles. The molecule has 5 rings (SSSR count). The summed E-state index contributed by atoms with van der Waals surface area (Å²) in [5.41, 5.74) is 1.39. The summed E-state index contributed by atoms with van der Waals surface area (Å²) >= 11 is 5.79. The summed E-state index contributed by atoms with van der Waals surface area (Å²) in [4.78, 5) is 18.0. The normalized spacial score (nSPS) is 21.5. The zero-order chi connectivity index (χ0) is 22.1. The van der Waals surface area contributed by atoms with E-state index < -0.39 is 0 Å². The number of thiocarbonyl (C=S) groups is 1. The lowest BCUT2D eigenvalue weighted by atomic mass is 9.92. The molecule has 1 saturated heterocycles. The van der Waals surface area contributed by atoms with E-state index in [2.05, 4.69) is 15.2 Å². The van der Waals surface area contributed by atoms with E-state index in [1.54, 1.807) is 24.4 Å². The van der Waals surface area contributed by atoms with Crippen molar-refractivity contribution in [3.8, 4) is 11.3 Å². The van der Waals surface area contributed by atoms with E-state index in [1.165, 1.54) is 25.3 Å². The van der Waals surface area contributed by atoms with Gasteiger partial charge in [-0.3, -0.25) is 15.1 Å². The van der Waals surface area contributed by atoms with E-state index >= 15 is 0 Å². The first-order valence-corrected chi connectivity index (χ1v) is 11.4. The minimum atomic E-state index is -0.380. The van der Waals surface area contributed by atoms with Gasteiger partial charge in [-0.2, -0.15) is 0 Å². The van der Waals surface area contributed by atoms with E-state index in [4.69, 9.17) is 16.6 Å². The smallest absolute Gasteiger partial charge is 0.280 e. The number of nitrogens with one attached hydrogen (secondary N) is 1. The van der Waals surface area contributed by atoms with Gasteiger partial charge in [0.1, 0.15) is 17.6 Å². The fourth-order valence-electron chi connectivity index (χ4n) is 4.92. The topological polar surface area (TPSA) is 84.4 Å². The Balaban J connectivity index is 1.56. The quantitative estimate of drug-likeness (QED) is 0.311. The maximum absolute atomic E-state index is 11.5. The van der Waals surface area contributed by atoms with Crippen molar-refractivity contribution in [2.24, 2.45) is 0 Å². The monoisotopic (exact) mass is 448 g/mol. The van der Waals surface area contributed by atoms with Crippen LogP contribution in [0.3, 0.4) is 0 Å². The van der Waals surface area contributed by atoms with Crippen molar-refractivity contribution in [1.82, 2.24) is 15.2 Å². The number of nitro groups is 1. The van der Waals surface area contributed by atoms with Gasteiger partial charge in [-0.15, -0.1) is 0 Å². The highest BCUT2D eigenvalue weighted by Crippen LogP contribution is 2.44. The van der Waals surface area contributed by atoms with Crippen LogP contribution in [0.1, 0.15) is 55.6 Å². The Bertz CT molecular complexity index is 1130. The van der Waals surface area contributed by atoms with Gasteiger partial charge in [0.05, 0.1) is 22.2 Å². The van der Waals surface area contributed by atoms with Crippen LogP contribution < -0.4 is 5.32 Å². The summed E-state index contributed by atoms with van der Waals surface area (Å²) in [6, 6.07) is 16.2. The number of nitro benzene ring substituents is 1. The molecule has 0 bridgehead atoms.